The van der Waals surface area contributed by atoms with E-state index in [1.54, 1.807) is 12.1 Å². The van der Waals surface area contributed by atoms with Crippen LogP contribution in [0.4, 0.5) is 10.1 Å². The Bertz CT molecular complexity index is 643. The monoisotopic (exact) mass is 366 g/mol. The van der Waals surface area contributed by atoms with E-state index in [0.717, 1.165) is 5.56 Å². The van der Waals surface area contributed by atoms with Crippen molar-refractivity contribution in [2.24, 2.45) is 0 Å². The molecule has 2 aromatic carbocycles. The van der Waals surface area contributed by atoms with Crippen molar-refractivity contribution < 1.29 is 4.39 Å². The number of nitrogens with one attached hydrogen (secondary N) is 2. The summed E-state index contributed by atoms with van der Waals surface area (Å²) in [5.74, 6) is -0.350. The van der Waals surface area contributed by atoms with E-state index in [1.165, 1.54) is 11.6 Å². The maximum absolute atomic E-state index is 13.7. The third-order valence-electron chi connectivity index (χ3n) is 3.10. The summed E-state index contributed by atoms with van der Waals surface area (Å²) < 4.78 is 14.4. The molecular weight excluding hydrogens is 351 g/mol. The van der Waals surface area contributed by atoms with Gasteiger partial charge in [0, 0.05) is 4.47 Å². The number of halogens is 2. The van der Waals surface area contributed by atoms with E-state index in [4.69, 9.17) is 12.2 Å². The van der Waals surface area contributed by atoms with E-state index in [2.05, 4.69) is 50.8 Å². The van der Waals surface area contributed by atoms with Crippen LogP contribution in [0.15, 0.2) is 46.9 Å². The highest BCUT2D eigenvalue weighted by Gasteiger charge is 2.09. The predicted octanol–water partition coefficient (Wildman–Crippen LogP) is 4.94. The van der Waals surface area contributed by atoms with Gasteiger partial charge in [0.15, 0.2) is 5.11 Å². The summed E-state index contributed by atoms with van der Waals surface area (Å²) >= 11 is 8.45. The van der Waals surface area contributed by atoms with Gasteiger partial charge in [-0.3, -0.25) is 0 Å². The smallest absolute Gasteiger partial charge is 0.171 e. The van der Waals surface area contributed by atoms with Crippen LogP contribution in [0.3, 0.4) is 0 Å². The van der Waals surface area contributed by atoms with E-state index in [1.807, 2.05) is 13.8 Å². The minimum atomic E-state index is -0.350. The van der Waals surface area contributed by atoms with Crippen molar-refractivity contribution in [3.63, 3.8) is 0 Å². The van der Waals surface area contributed by atoms with E-state index >= 15 is 0 Å². The Labute approximate surface area is 137 Å². The summed E-state index contributed by atoms with van der Waals surface area (Å²) in [5.41, 5.74) is 2.69. The molecule has 110 valence electrons. The molecule has 2 N–H and O–H groups in total. The predicted molar refractivity (Wildman–Crippen MR) is 93.1 cm³/mol. The van der Waals surface area contributed by atoms with Crippen molar-refractivity contribution in [3.8, 4) is 0 Å². The first-order valence-corrected chi connectivity index (χ1v) is 7.75. The molecule has 0 saturated carbocycles. The lowest BCUT2D eigenvalue weighted by Gasteiger charge is -2.18. The average Bonchev–Trinajstić information content (AvgIpc) is 2.42. The molecule has 2 rings (SSSR count). The second-order valence-electron chi connectivity index (χ2n) is 4.86. The molecule has 0 aliphatic carbocycles. The Morgan fingerprint density at radius 2 is 1.86 bits per heavy atom. The lowest BCUT2D eigenvalue weighted by Crippen LogP contribution is -2.31. The number of hydrogen-bond acceptors (Lipinski definition) is 1. The maximum atomic E-state index is 13.7. The minimum absolute atomic E-state index is 0.0455. The zero-order valence-corrected chi connectivity index (χ0v) is 14.2. The molecule has 2 aromatic rings. The van der Waals surface area contributed by atoms with Crippen LogP contribution in [-0.2, 0) is 0 Å². The second-order valence-corrected chi connectivity index (χ2v) is 6.18. The number of hydrogen-bond donors (Lipinski definition) is 2. The molecule has 0 radical (unpaired) electrons. The first-order chi connectivity index (χ1) is 9.95. The maximum Gasteiger partial charge on any atom is 0.171 e. The lowest BCUT2D eigenvalue weighted by molar-refractivity contribution is 0.631. The Morgan fingerprint density at radius 3 is 2.48 bits per heavy atom. The highest BCUT2D eigenvalue weighted by molar-refractivity contribution is 9.10. The van der Waals surface area contributed by atoms with Gasteiger partial charge in [0.1, 0.15) is 5.82 Å². The Morgan fingerprint density at radius 1 is 1.19 bits per heavy atom. The first kappa shape index (κ1) is 15.9. The van der Waals surface area contributed by atoms with E-state index < -0.39 is 0 Å². The SMILES string of the molecule is Cc1ccc(C(C)NC(=S)Nc2ccc(Br)cc2F)cc1. The summed E-state index contributed by atoms with van der Waals surface area (Å²) in [7, 11) is 0. The lowest BCUT2D eigenvalue weighted by atomic mass is 10.1. The normalized spacial score (nSPS) is 11.8. The van der Waals surface area contributed by atoms with Crippen molar-refractivity contribution in [2.75, 3.05) is 5.32 Å². The molecule has 21 heavy (non-hydrogen) atoms. The van der Waals surface area contributed by atoms with Crippen molar-refractivity contribution in [3.05, 3.63) is 63.9 Å². The number of benzene rings is 2. The number of aryl methyl sites for hydroxylation is 1. The van der Waals surface area contributed by atoms with Crippen LogP contribution in [0.5, 0.6) is 0 Å². The molecule has 0 aliphatic rings. The molecule has 1 atom stereocenters. The van der Waals surface area contributed by atoms with Gasteiger partial charge in [0.25, 0.3) is 0 Å². The number of anilines is 1. The van der Waals surface area contributed by atoms with Gasteiger partial charge >= 0.3 is 0 Å². The zero-order valence-electron chi connectivity index (χ0n) is 11.8. The van der Waals surface area contributed by atoms with Crippen molar-refractivity contribution in [2.45, 2.75) is 19.9 Å². The van der Waals surface area contributed by atoms with Crippen molar-refractivity contribution >= 4 is 38.9 Å². The molecule has 0 saturated heterocycles. The molecule has 0 bridgehead atoms. The Kier molecular flexibility index (Phi) is 5.31. The van der Waals surface area contributed by atoms with Crippen LogP contribution < -0.4 is 10.6 Å². The Hall–Kier alpha value is -1.46. The molecule has 0 fully saturated rings. The standard InChI is InChI=1S/C16H16BrFN2S/c1-10-3-5-12(6-4-10)11(2)19-16(21)20-15-8-7-13(17)9-14(15)18/h3-9,11H,1-2H3,(H2,19,20,21). The van der Waals surface area contributed by atoms with Gasteiger partial charge in [-0.15, -0.1) is 0 Å². The summed E-state index contributed by atoms with van der Waals surface area (Å²) in [6, 6.07) is 13.1. The molecule has 2 nitrogen and oxygen atoms in total. The van der Waals surface area contributed by atoms with Gasteiger partial charge in [0.2, 0.25) is 0 Å². The minimum Gasteiger partial charge on any atom is -0.356 e. The quantitative estimate of drug-likeness (QED) is 0.751. The van der Waals surface area contributed by atoms with E-state index in [0.29, 0.717) is 15.3 Å². The topological polar surface area (TPSA) is 24.1 Å². The van der Waals surface area contributed by atoms with Crippen molar-refractivity contribution in [1.82, 2.24) is 5.32 Å². The zero-order chi connectivity index (χ0) is 15.4. The third-order valence-corrected chi connectivity index (χ3v) is 3.82. The van der Waals surface area contributed by atoms with Crippen LogP contribution >= 0.6 is 28.1 Å². The van der Waals surface area contributed by atoms with Gasteiger partial charge in [-0.2, -0.15) is 0 Å². The summed E-state index contributed by atoms with van der Waals surface area (Å²) in [4.78, 5) is 0. The summed E-state index contributed by atoms with van der Waals surface area (Å²) in [5, 5.41) is 6.41. The largest absolute Gasteiger partial charge is 0.356 e. The first-order valence-electron chi connectivity index (χ1n) is 6.55. The molecule has 5 heteroatoms. The van der Waals surface area contributed by atoms with E-state index in [-0.39, 0.29) is 11.9 Å². The molecule has 0 aromatic heterocycles. The molecule has 0 spiro atoms. The van der Waals surface area contributed by atoms with Crippen molar-refractivity contribution in [1.29, 1.82) is 0 Å². The number of rotatable bonds is 3. The van der Waals surface area contributed by atoms with Gasteiger partial charge in [0.05, 0.1) is 11.7 Å². The second kappa shape index (κ2) is 7.00. The molecular formula is C16H16BrFN2S. The van der Waals surface area contributed by atoms with Crippen LogP contribution in [0.25, 0.3) is 0 Å². The fourth-order valence-corrected chi connectivity index (χ4v) is 2.50. The third kappa shape index (κ3) is 4.51. The molecule has 0 amide bonds. The fourth-order valence-electron chi connectivity index (χ4n) is 1.88. The van der Waals surface area contributed by atoms with Gasteiger partial charge in [-0.25, -0.2) is 4.39 Å². The molecule has 0 aliphatic heterocycles. The van der Waals surface area contributed by atoms with Gasteiger partial charge < -0.3 is 10.6 Å². The Balaban J connectivity index is 1.99. The molecule has 0 heterocycles. The highest BCUT2D eigenvalue weighted by atomic mass is 79.9. The van der Waals surface area contributed by atoms with Crippen LogP contribution in [-0.4, -0.2) is 5.11 Å². The highest BCUT2D eigenvalue weighted by Crippen LogP contribution is 2.20. The van der Waals surface area contributed by atoms with Gasteiger partial charge in [-0.05, 0) is 49.8 Å². The molecule has 1 unspecified atom stereocenters. The van der Waals surface area contributed by atoms with Crippen LogP contribution in [0.1, 0.15) is 24.1 Å². The van der Waals surface area contributed by atoms with Crippen LogP contribution in [0, 0.1) is 12.7 Å². The summed E-state index contributed by atoms with van der Waals surface area (Å²) in [6.07, 6.45) is 0. The summed E-state index contributed by atoms with van der Waals surface area (Å²) in [6.45, 7) is 4.06. The average molecular weight is 367 g/mol. The number of thiocarbonyl (C=S) groups is 1. The fraction of sp³-hybridized carbons (Fsp3) is 0.188. The van der Waals surface area contributed by atoms with Gasteiger partial charge in [-0.1, -0.05) is 45.8 Å². The van der Waals surface area contributed by atoms with E-state index in [9.17, 15) is 4.39 Å². The van der Waals surface area contributed by atoms with Crippen LogP contribution in [0.2, 0.25) is 0 Å².